The minimum absolute atomic E-state index is 0.0804. The lowest BCUT2D eigenvalue weighted by atomic mass is 10.2. The number of hydrogen-bond acceptors (Lipinski definition) is 4. The second-order valence-electron chi connectivity index (χ2n) is 4.04. The van der Waals surface area contributed by atoms with Gasteiger partial charge in [-0.2, -0.15) is 0 Å². The first-order valence-electron chi connectivity index (χ1n) is 5.59. The number of hydrogen-bond donors (Lipinski definition) is 1. The molecule has 0 aliphatic rings. The van der Waals surface area contributed by atoms with Gasteiger partial charge in [-0.3, -0.25) is 4.72 Å². The molecule has 0 atom stereocenters. The van der Waals surface area contributed by atoms with Gasteiger partial charge in [-0.1, -0.05) is 11.6 Å². The maximum Gasteiger partial charge on any atom is 0.261 e. The highest BCUT2D eigenvalue weighted by molar-refractivity contribution is 14.1. The van der Waals surface area contributed by atoms with Crippen molar-refractivity contribution in [1.82, 2.24) is 0 Å². The number of benzene rings is 2. The number of sulfonamides is 1. The summed E-state index contributed by atoms with van der Waals surface area (Å²) in [4.78, 5) is 10.7. The van der Waals surface area contributed by atoms with E-state index in [1.54, 1.807) is 24.3 Å². The molecule has 0 saturated carbocycles. The number of carboxylic acids is 1. The molecule has 0 aliphatic heterocycles. The highest BCUT2D eigenvalue weighted by atomic mass is 127. The number of carbonyl (C=O) groups is 1. The van der Waals surface area contributed by atoms with Crippen molar-refractivity contribution in [2.75, 3.05) is 4.72 Å². The topological polar surface area (TPSA) is 86.3 Å². The molecule has 0 bridgehead atoms. The summed E-state index contributed by atoms with van der Waals surface area (Å²) in [6, 6.07) is 10.1. The number of aromatic carboxylic acids is 1. The van der Waals surface area contributed by atoms with Crippen LogP contribution in [0.1, 0.15) is 10.4 Å². The van der Waals surface area contributed by atoms with Crippen molar-refractivity contribution in [3.05, 3.63) is 56.6 Å². The Kier molecular flexibility index (Phi) is 4.74. The molecule has 1 N–H and O–H groups in total. The molecule has 2 rings (SSSR count). The SMILES string of the molecule is O=C([O-])c1cc(S(=O)(=O)Nc2ccc(I)cc2)ccc1Cl. The number of carboxylic acid groups (broad SMARTS) is 1. The van der Waals surface area contributed by atoms with Crippen molar-refractivity contribution < 1.29 is 18.3 Å². The Morgan fingerprint density at radius 1 is 1.14 bits per heavy atom. The summed E-state index contributed by atoms with van der Waals surface area (Å²) < 4.78 is 27.7. The molecule has 2 aromatic carbocycles. The first-order valence-corrected chi connectivity index (χ1v) is 8.53. The zero-order valence-corrected chi connectivity index (χ0v) is 14.1. The van der Waals surface area contributed by atoms with Crippen molar-refractivity contribution in [3.63, 3.8) is 0 Å². The van der Waals surface area contributed by atoms with Crippen LogP contribution in [0, 0.1) is 3.57 Å². The monoisotopic (exact) mass is 436 g/mol. The van der Waals surface area contributed by atoms with Crippen molar-refractivity contribution in [3.8, 4) is 0 Å². The summed E-state index contributed by atoms with van der Waals surface area (Å²) in [6.45, 7) is 0. The fourth-order valence-electron chi connectivity index (χ4n) is 1.56. The van der Waals surface area contributed by atoms with Gasteiger partial charge in [0.2, 0.25) is 0 Å². The van der Waals surface area contributed by atoms with E-state index in [0.29, 0.717) is 5.69 Å². The van der Waals surface area contributed by atoms with E-state index in [-0.39, 0.29) is 15.5 Å². The zero-order valence-electron chi connectivity index (χ0n) is 10.3. The van der Waals surface area contributed by atoms with E-state index in [9.17, 15) is 18.3 Å². The Labute approximate surface area is 140 Å². The van der Waals surface area contributed by atoms with Gasteiger partial charge in [-0.25, -0.2) is 8.42 Å². The lowest BCUT2D eigenvalue weighted by Crippen LogP contribution is -2.23. The molecule has 0 radical (unpaired) electrons. The van der Waals surface area contributed by atoms with E-state index in [1.807, 2.05) is 0 Å². The van der Waals surface area contributed by atoms with Gasteiger partial charge in [0.1, 0.15) is 0 Å². The van der Waals surface area contributed by atoms with Crippen LogP contribution in [-0.4, -0.2) is 14.4 Å². The second-order valence-corrected chi connectivity index (χ2v) is 7.38. The average molecular weight is 437 g/mol. The van der Waals surface area contributed by atoms with E-state index in [0.717, 1.165) is 9.64 Å². The molecule has 0 saturated heterocycles. The zero-order chi connectivity index (χ0) is 15.6. The molecule has 8 heteroatoms. The second kappa shape index (κ2) is 6.20. The van der Waals surface area contributed by atoms with Gasteiger partial charge in [0.15, 0.2) is 0 Å². The van der Waals surface area contributed by atoms with Crippen LogP contribution in [0.2, 0.25) is 5.02 Å². The minimum Gasteiger partial charge on any atom is -0.545 e. The highest BCUT2D eigenvalue weighted by Gasteiger charge is 2.16. The average Bonchev–Trinajstić information content (AvgIpc) is 2.41. The Bertz CT molecular complexity index is 790. The molecule has 0 aliphatic carbocycles. The maximum absolute atomic E-state index is 12.2. The molecule has 0 fully saturated rings. The van der Waals surface area contributed by atoms with Gasteiger partial charge in [-0.05, 0) is 65.1 Å². The van der Waals surface area contributed by atoms with Crippen LogP contribution in [0.3, 0.4) is 0 Å². The van der Waals surface area contributed by atoms with Crippen molar-refractivity contribution in [1.29, 1.82) is 0 Å². The molecule has 0 aromatic heterocycles. The number of rotatable bonds is 4. The molecule has 0 unspecified atom stereocenters. The standard InChI is InChI=1S/C13H9ClINO4S/c14-12-6-5-10(7-11(12)13(17)18)21(19,20)16-9-3-1-8(15)2-4-9/h1-7,16H,(H,17,18)/p-1. The Hall–Kier alpha value is -1.32. The number of carbonyl (C=O) groups excluding carboxylic acids is 1. The van der Waals surface area contributed by atoms with Gasteiger partial charge >= 0.3 is 0 Å². The van der Waals surface area contributed by atoms with Gasteiger partial charge in [0.05, 0.1) is 10.9 Å². The quantitative estimate of drug-likeness (QED) is 0.744. The summed E-state index contributed by atoms with van der Waals surface area (Å²) in [5.74, 6) is -1.54. The largest absolute Gasteiger partial charge is 0.545 e. The van der Waals surface area contributed by atoms with E-state index >= 15 is 0 Å². The van der Waals surface area contributed by atoms with E-state index in [4.69, 9.17) is 11.6 Å². The van der Waals surface area contributed by atoms with Crippen LogP contribution in [-0.2, 0) is 10.0 Å². The molecule has 0 amide bonds. The molecule has 5 nitrogen and oxygen atoms in total. The van der Waals surface area contributed by atoms with Gasteiger partial charge in [0, 0.05) is 19.8 Å². The fraction of sp³-hybridized carbons (Fsp3) is 0. The predicted molar refractivity (Wildman–Crippen MR) is 85.7 cm³/mol. The number of anilines is 1. The van der Waals surface area contributed by atoms with Gasteiger partial charge in [0.25, 0.3) is 10.0 Å². The van der Waals surface area contributed by atoms with Crippen LogP contribution in [0.15, 0.2) is 47.4 Å². The van der Waals surface area contributed by atoms with Crippen LogP contribution in [0.25, 0.3) is 0 Å². The van der Waals surface area contributed by atoms with Gasteiger partial charge in [-0.15, -0.1) is 0 Å². The third-order valence-corrected chi connectivity index (χ3v) is 4.99. The number of halogens is 2. The molecular weight excluding hydrogens is 429 g/mol. The molecule has 0 spiro atoms. The molecule has 110 valence electrons. The highest BCUT2D eigenvalue weighted by Crippen LogP contribution is 2.22. The summed E-state index contributed by atoms with van der Waals surface area (Å²) in [6.07, 6.45) is 0. The minimum atomic E-state index is -3.90. The summed E-state index contributed by atoms with van der Waals surface area (Å²) >= 11 is 7.78. The number of nitrogens with one attached hydrogen (secondary N) is 1. The molecule has 2 aromatic rings. The predicted octanol–water partition coefficient (Wildman–Crippen LogP) is 2.11. The first-order chi connectivity index (χ1) is 9.79. The first kappa shape index (κ1) is 16.1. The Morgan fingerprint density at radius 3 is 2.33 bits per heavy atom. The molecule has 0 heterocycles. The summed E-state index contributed by atoms with van der Waals surface area (Å²) in [7, 11) is -3.90. The maximum atomic E-state index is 12.2. The van der Waals surface area contributed by atoms with Crippen LogP contribution in [0.5, 0.6) is 0 Å². The van der Waals surface area contributed by atoms with E-state index in [1.165, 1.54) is 12.1 Å². The Balaban J connectivity index is 2.38. The lowest BCUT2D eigenvalue weighted by Gasteiger charge is -2.11. The molecular formula is C13H8ClINO4S-. The smallest absolute Gasteiger partial charge is 0.261 e. The van der Waals surface area contributed by atoms with E-state index < -0.39 is 16.0 Å². The van der Waals surface area contributed by atoms with Crippen molar-refractivity contribution in [2.24, 2.45) is 0 Å². The fourth-order valence-corrected chi connectivity index (χ4v) is 3.20. The summed E-state index contributed by atoms with van der Waals surface area (Å²) in [5.41, 5.74) is 0.00233. The van der Waals surface area contributed by atoms with Crippen molar-refractivity contribution >= 4 is 55.9 Å². The van der Waals surface area contributed by atoms with E-state index in [2.05, 4.69) is 27.3 Å². The lowest BCUT2D eigenvalue weighted by molar-refractivity contribution is -0.255. The van der Waals surface area contributed by atoms with Crippen LogP contribution >= 0.6 is 34.2 Å². The Morgan fingerprint density at radius 2 is 1.76 bits per heavy atom. The third-order valence-electron chi connectivity index (χ3n) is 2.56. The summed E-state index contributed by atoms with van der Waals surface area (Å²) in [5, 5.41) is 10.8. The van der Waals surface area contributed by atoms with Gasteiger partial charge < -0.3 is 9.90 Å². The van der Waals surface area contributed by atoms with Crippen molar-refractivity contribution in [2.45, 2.75) is 4.90 Å². The van der Waals surface area contributed by atoms with Crippen LogP contribution < -0.4 is 9.83 Å². The molecule has 21 heavy (non-hydrogen) atoms. The normalized spacial score (nSPS) is 11.1. The third kappa shape index (κ3) is 3.86. The van der Waals surface area contributed by atoms with Crippen LogP contribution in [0.4, 0.5) is 5.69 Å².